The number of imidazole rings is 1. The van der Waals surface area contributed by atoms with E-state index in [1.54, 1.807) is 13.4 Å². The third-order valence-electron chi connectivity index (χ3n) is 4.85. The molecule has 1 saturated heterocycles. The highest BCUT2D eigenvalue weighted by Gasteiger charge is 2.28. The molecule has 0 radical (unpaired) electrons. The number of anilines is 1. The number of aromatic nitrogens is 4. The quantitative estimate of drug-likeness (QED) is 0.849. The third-order valence-corrected chi connectivity index (χ3v) is 4.85. The molecule has 0 amide bonds. The Balaban J connectivity index is 1.51. The SMILES string of the molecule is COc1cc(N2CCC[C@@H](c3nccn3CC3CC3)C2)ncn1. The first kappa shape index (κ1) is 14.5. The van der Waals surface area contributed by atoms with Crippen molar-refractivity contribution in [3.05, 3.63) is 30.6 Å². The van der Waals surface area contributed by atoms with Crippen LogP contribution in [0.4, 0.5) is 5.82 Å². The second-order valence-corrected chi connectivity index (χ2v) is 6.58. The van der Waals surface area contributed by atoms with Gasteiger partial charge in [0.15, 0.2) is 0 Å². The van der Waals surface area contributed by atoms with Crippen LogP contribution in [0.15, 0.2) is 24.8 Å². The second-order valence-electron chi connectivity index (χ2n) is 6.58. The molecule has 1 aliphatic carbocycles. The van der Waals surface area contributed by atoms with Crippen molar-refractivity contribution in [3.63, 3.8) is 0 Å². The first-order valence-electron chi connectivity index (χ1n) is 8.45. The monoisotopic (exact) mass is 313 g/mol. The fourth-order valence-electron chi connectivity index (χ4n) is 3.42. The topological polar surface area (TPSA) is 56.1 Å². The maximum absolute atomic E-state index is 5.22. The van der Waals surface area contributed by atoms with Crippen LogP contribution in [-0.4, -0.2) is 39.7 Å². The molecule has 122 valence electrons. The van der Waals surface area contributed by atoms with E-state index in [0.29, 0.717) is 11.8 Å². The molecule has 0 spiro atoms. The van der Waals surface area contributed by atoms with Crippen molar-refractivity contribution >= 4 is 5.82 Å². The van der Waals surface area contributed by atoms with Crippen LogP contribution in [0, 0.1) is 5.92 Å². The van der Waals surface area contributed by atoms with Gasteiger partial charge in [0, 0.05) is 44.0 Å². The molecule has 1 atom stereocenters. The lowest BCUT2D eigenvalue weighted by atomic mass is 9.97. The van der Waals surface area contributed by atoms with Gasteiger partial charge in [0.05, 0.1) is 7.11 Å². The first-order valence-corrected chi connectivity index (χ1v) is 8.45. The Morgan fingerprint density at radius 1 is 1.22 bits per heavy atom. The number of methoxy groups -OCH3 is 1. The van der Waals surface area contributed by atoms with Gasteiger partial charge in [-0.15, -0.1) is 0 Å². The van der Waals surface area contributed by atoms with Gasteiger partial charge in [0.25, 0.3) is 0 Å². The molecular weight excluding hydrogens is 290 g/mol. The molecule has 0 bridgehead atoms. The van der Waals surface area contributed by atoms with Crippen LogP contribution < -0.4 is 9.64 Å². The Kier molecular flexibility index (Phi) is 3.89. The third kappa shape index (κ3) is 3.16. The van der Waals surface area contributed by atoms with Crippen molar-refractivity contribution in [1.82, 2.24) is 19.5 Å². The fourth-order valence-corrected chi connectivity index (χ4v) is 3.42. The molecule has 23 heavy (non-hydrogen) atoms. The summed E-state index contributed by atoms with van der Waals surface area (Å²) in [4.78, 5) is 15.5. The summed E-state index contributed by atoms with van der Waals surface area (Å²) in [6.07, 6.45) is 10.8. The number of ether oxygens (including phenoxy) is 1. The second kappa shape index (κ2) is 6.18. The Bertz CT molecular complexity index is 667. The van der Waals surface area contributed by atoms with Crippen LogP contribution >= 0.6 is 0 Å². The summed E-state index contributed by atoms with van der Waals surface area (Å²) < 4.78 is 7.59. The number of rotatable bonds is 5. The van der Waals surface area contributed by atoms with E-state index in [1.165, 1.54) is 25.1 Å². The van der Waals surface area contributed by atoms with Gasteiger partial charge in [-0.25, -0.2) is 15.0 Å². The zero-order valence-corrected chi connectivity index (χ0v) is 13.6. The number of nitrogens with zero attached hydrogens (tertiary/aromatic N) is 5. The van der Waals surface area contributed by atoms with E-state index in [1.807, 2.05) is 12.3 Å². The Morgan fingerprint density at radius 2 is 2.13 bits per heavy atom. The van der Waals surface area contributed by atoms with E-state index in [2.05, 4.69) is 30.6 Å². The van der Waals surface area contributed by atoms with Crippen molar-refractivity contribution in [3.8, 4) is 5.88 Å². The van der Waals surface area contributed by atoms with Crippen molar-refractivity contribution in [2.24, 2.45) is 5.92 Å². The van der Waals surface area contributed by atoms with Crippen molar-refractivity contribution in [2.45, 2.75) is 38.1 Å². The molecule has 2 aromatic rings. The van der Waals surface area contributed by atoms with Gasteiger partial charge in [-0.2, -0.15) is 0 Å². The average molecular weight is 313 g/mol. The summed E-state index contributed by atoms with van der Waals surface area (Å²) in [5, 5.41) is 0. The first-order chi connectivity index (χ1) is 11.3. The van der Waals surface area contributed by atoms with Crippen molar-refractivity contribution in [2.75, 3.05) is 25.1 Å². The zero-order chi connectivity index (χ0) is 15.6. The molecule has 6 nitrogen and oxygen atoms in total. The molecule has 2 fully saturated rings. The minimum Gasteiger partial charge on any atom is -0.481 e. The van der Waals surface area contributed by atoms with E-state index in [0.717, 1.165) is 37.8 Å². The Morgan fingerprint density at radius 3 is 2.96 bits per heavy atom. The molecule has 0 aromatic carbocycles. The van der Waals surface area contributed by atoms with Gasteiger partial charge in [0.1, 0.15) is 18.0 Å². The van der Waals surface area contributed by atoms with E-state index in [9.17, 15) is 0 Å². The van der Waals surface area contributed by atoms with E-state index >= 15 is 0 Å². The molecule has 1 aliphatic heterocycles. The van der Waals surface area contributed by atoms with Crippen molar-refractivity contribution < 1.29 is 4.74 Å². The van der Waals surface area contributed by atoms with E-state index in [4.69, 9.17) is 4.74 Å². The van der Waals surface area contributed by atoms with Gasteiger partial charge in [-0.1, -0.05) is 0 Å². The van der Waals surface area contributed by atoms with E-state index in [-0.39, 0.29) is 0 Å². The largest absolute Gasteiger partial charge is 0.481 e. The minimum absolute atomic E-state index is 0.471. The standard InChI is InChI=1S/C17H23N5O/c1-23-16-9-15(19-12-20-16)21-7-2-3-14(11-21)17-18-6-8-22(17)10-13-4-5-13/h6,8-9,12-14H,2-5,7,10-11H2,1H3/t14-/m1/s1. The predicted octanol–water partition coefficient (Wildman–Crippen LogP) is 2.48. The smallest absolute Gasteiger partial charge is 0.218 e. The highest BCUT2D eigenvalue weighted by Crippen LogP contribution is 2.33. The normalized spacial score (nSPS) is 21.4. The maximum Gasteiger partial charge on any atom is 0.218 e. The Labute approximate surface area is 136 Å². The van der Waals surface area contributed by atoms with Gasteiger partial charge in [-0.05, 0) is 31.6 Å². The lowest BCUT2D eigenvalue weighted by molar-refractivity contribution is 0.396. The molecule has 3 heterocycles. The fraction of sp³-hybridized carbons (Fsp3) is 0.588. The number of piperidine rings is 1. The van der Waals surface area contributed by atoms with Gasteiger partial charge in [0.2, 0.25) is 5.88 Å². The van der Waals surface area contributed by atoms with Gasteiger partial charge < -0.3 is 14.2 Å². The summed E-state index contributed by atoms with van der Waals surface area (Å²) in [6, 6.07) is 1.92. The molecule has 0 N–H and O–H groups in total. The molecule has 2 aliphatic rings. The average Bonchev–Trinajstić information content (AvgIpc) is 3.30. The minimum atomic E-state index is 0.471. The number of hydrogen-bond acceptors (Lipinski definition) is 5. The van der Waals surface area contributed by atoms with Crippen LogP contribution in [-0.2, 0) is 6.54 Å². The summed E-state index contributed by atoms with van der Waals surface area (Å²) >= 11 is 0. The highest BCUT2D eigenvalue weighted by molar-refractivity contribution is 5.41. The Hall–Kier alpha value is -2.11. The summed E-state index contributed by atoms with van der Waals surface area (Å²) in [5.74, 6) is 4.14. The number of hydrogen-bond donors (Lipinski definition) is 0. The lowest BCUT2D eigenvalue weighted by Crippen LogP contribution is -2.36. The van der Waals surface area contributed by atoms with Crippen LogP contribution in [0.25, 0.3) is 0 Å². The highest BCUT2D eigenvalue weighted by atomic mass is 16.5. The maximum atomic E-state index is 5.22. The molecule has 4 rings (SSSR count). The van der Waals surface area contributed by atoms with E-state index < -0.39 is 0 Å². The predicted molar refractivity (Wildman–Crippen MR) is 87.7 cm³/mol. The van der Waals surface area contributed by atoms with Gasteiger partial charge in [-0.3, -0.25) is 0 Å². The summed E-state index contributed by atoms with van der Waals surface area (Å²) in [5.41, 5.74) is 0. The zero-order valence-electron chi connectivity index (χ0n) is 13.6. The molecule has 0 unspecified atom stereocenters. The molecule has 1 saturated carbocycles. The summed E-state index contributed by atoms with van der Waals surface area (Å²) in [7, 11) is 1.64. The molecule has 6 heteroatoms. The van der Waals surface area contributed by atoms with Crippen LogP contribution in [0.1, 0.15) is 37.4 Å². The van der Waals surface area contributed by atoms with Crippen LogP contribution in [0.3, 0.4) is 0 Å². The van der Waals surface area contributed by atoms with Gasteiger partial charge >= 0.3 is 0 Å². The molecule has 2 aromatic heterocycles. The van der Waals surface area contributed by atoms with Crippen LogP contribution in [0.5, 0.6) is 5.88 Å². The summed E-state index contributed by atoms with van der Waals surface area (Å²) in [6.45, 7) is 3.12. The molecular formula is C17H23N5O. The van der Waals surface area contributed by atoms with Crippen LogP contribution in [0.2, 0.25) is 0 Å². The van der Waals surface area contributed by atoms with Crippen molar-refractivity contribution in [1.29, 1.82) is 0 Å². The lowest BCUT2D eigenvalue weighted by Gasteiger charge is -2.33.